The molecular weight excluding hydrogens is 164 g/mol. The summed E-state index contributed by atoms with van der Waals surface area (Å²) in [4.78, 5) is 31.0. The lowest BCUT2D eigenvalue weighted by atomic mass is 10.5. The molecule has 6 nitrogen and oxygen atoms in total. The van der Waals surface area contributed by atoms with E-state index in [1.54, 1.807) is 5.32 Å². The molecule has 0 radical (unpaired) electrons. The number of urea groups is 1. The number of rotatable bonds is 2. The van der Waals surface area contributed by atoms with Gasteiger partial charge in [0.1, 0.15) is 0 Å². The highest BCUT2D eigenvalue weighted by Crippen LogP contribution is 1.77. The van der Waals surface area contributed by atoms with Crippen molar-refractivity contribution in [2.45, 2.75) is 0 Å². The number of carbonyl (C=O) groups excluding carboxylic acids is 3. The maximum Gasteiger partial charge on any atom is 0.330 e. The van der Waals surface area contributed by atoms with Crippen molar-refractivity contribution in [2.75, 3.05) is 7.11 Å². The van der Waals surface area contributed by atoms with Gasteiger partial charge in [0.25, 0.3) is 5.91 Å². The lowest BCUT2D eigenvalue weighted by molar-refractivity contribution is -0.135. The average molecular weight is 172 g/mol. The monoisotopic (exact) mass is 172 g/mol. The Bertz CT molecular complexity index is 234. The number of ether oxygens (including phenoxy) is 1. The Kier molecular flexibility index (Phi) is 4.13. The predicted octanol–water partition coefficient (Wildman–Crippen LogP) is -1.09. The van der Waals surface area contributed by atoms with E-state index in [4.69, 9.17) is 0 Å². The summed E-state index contributed by atoms with van der Waals surface area (Å²) in [7, 11) is 1.17. The number of hydrogen-bond acceptors (Lipinski definition) is 4. The van der Waals surface area contributed by atoms with Crippen LogP contribution in [0.5, 0.6) is 0 Å². The van der Waals surface area contributed by atoms with Gasteiger partial charge in [-0.3, -0.25) is 10.1 Å². The van der Waals surface area contributed by atoms with Gasteiger partial charge >= 0.3 is 12.0 Å². The van der Waals surface area contributed by atoms with Gasteiger partial charge in [-0.2, -0.15) is 0 Å². The van der Waals surface area contributed by atoms with E-state index in [9.17, 15) is 14.4 Å². The normalized spacial score (nSPS) is 9.42. The number of nitrogens with two attached hydrogens (primary N) is 1. The average Bonchev–Trinajstić information content (AvgIpc) is 1.99. The maximum atomic E-state index is 10.6. The molecule has 0 saturated heterocycles. The molecule has 0 aliphatic carbocycles. The summed E-state index contributed by atoms with van der Waals surface area (Å²) in [5.41, 5.74) is 4.61. The second-order valence-corrected chi connectivity index (χ2v) is 1.71. The van der Waals surface area contributed by atoms with Gasteiger partial charge in [0.05, 0.1) is 7.11 Å². The van der Waals surface area contributed by atoms with E-state index >= 15 is 0 Å². The summed E-state index contributed by atoms with van der Waals surface area (Å²) in [6, 6.07) is -0.977. The van der Waals surface area contributed by atoms with Gasteiger partial charge in [-0.15, -0.1) is 0 Å². The van der Waals surface area contributed by atoms with Crippen molar-refractivity contribution in [3.05, 3.63) is 12.2 Å². The van der Waals surface area contributed by atoms with Gasteiger partial charge in [-0.25, -0.2) is 9.59 Å². The third kappa shape index (κ3) is 4.98. The zero-order valence-corrected chi connectivity index (χ0v) is 6.37. The molecule has 0 atom stereocenters. The second kappa shape index (κ2) is 4.89. The van der Waals surface area contributed by atoms with Crippen LogP contribution in [-0.2, 0) is 14.3 Å². The van der Waals surface area contributed by atoms with Crippen LogP contribution in [0.25, 0.3) is 0 Å². The summed E-state index contributed by atoms with van der Waals surface area (Å²) >= 11 is 0. The van der Waals surface area contributed by atoms with Crippen LogP contribution >= 0.6 is 0 Å². The third-order valence-electron chi connectivity index (χ3n) is 0.818. The van der Waals surface area contributed by atoms with Crippen LogP contribution in [0.15, 0.2) is 12.2 Å². The van der Waals surface area contributed by atoms with Crippen LogP contribution < -0.4 is 11.1 Å². The topological polar surface area (TPSA) is 98.5 Å². The van der Waals surface area contributed by atoms with Gasteiger partial charge in [0.2, 0.25) is 0 Å². The van der Waals surface area contributed by atoms with Gasteiger partial charge in [0, 0.05) is 12.2 Å². The molecule has 0 unspecified atom stereocenters. The van der Waals surface area contributed by atoms with E-state index in [0.29, 0.717) is 0 Å². The Balaban J connectivity index is 3.91. The number of esters is 1. The van der Waals surface area contributed by atoms with E-state index in [0.717, 1.165) is 12.2 Å². The highest BCUT2D eigenvalue weighted by atomic mass is 16.5. The SMILES string of the molecule is COC(=O)C=CC(=O)NC(N)=O. The fourth-order valence-electron chi connectivity index (χ4n) is 0.375. The Morgan fingerprint density at radius 2 is 1.92 bits per heavy atom. The van der Waals surface area contributed by atoms with E-state index < -0.39 is 17.9 Å². The Labute approximate surface area is 68.4 Å². The first-order valence-electron chi connectivity index (χ1n) is 2.92. The molecule has 12 heavy (non-hydrogen) atoms. The van der Waals surface area contributed by atoms with Crippen LogP contribution in [0.4, 0.5) is 4.79 Å². The molecule has 0 bridgehead atoms. The van der Waals surface area contributed by atoms with Gasteiger partial charge in [0.15, 0.2) is 0 Å². The van der Waals surface area contributed by atoms with Crippen LogP contribution in [0.3, 0.4) is 0 Å². The molecule has 0 saturated carbocycles. The third-order valence-corrected chi connectivity index (χ3v) is 0.818. The largest absolute Gasteiger partial charge is 0.466 e. The van der Waals surface area contributed by atoms with Crippen molar-refractivity contribution < 1.29 is 19.1 Å². The molecule has 66 valence electrons. The number of nitrogens with one attached hydrogen (secondary N) is 1. The van der Waals surface area contributed by atoms with Crippen LogP contribution in [0.1, 0.15) is 0 Å². The Morgan fingerprint density at radius 3 is 2.33 bits per heavy atom. The molecule has 0 fully saturated rings. The zero-order valence-electron chi connectivity index (χ0n) is 6.37. The highest BCUT2D eigenvalue weighted by Gasteiger charge is 1.99. The van der Waals surface area contributed by atoms with E-state index in [1.807, 2.05) is 0 Å². The number of hydrogen-bond donors (Lipinski definition) is 2. The zero-order chi connectivity index (χ0) is 9.56. The lowest BCUT2D eigenvalue weighted by Crippen LogP contribution is -2.33. The van der Waals surface area contributed by atoms with Crippen LogP contribution in [-0.4, -0.2) is 25.0 Å². The lowest BCUT2D eigenvalue weighted by Gasteiger charge is -1.92. The van der Waals surface area contributed by atoms with Crippen molar-refractivity contribution in [3.63, 3.8) is 0 Å². The molecule has 0 aromatic rings. The number of methoxy groups -OCH3 is 1. The molecule has 0 rings (SSSR count). The minimum atomic E-state index is -0.977. The first-order chi connectivity index (χ1) is 5.56. The molecule has 0 aliphatic rings. The van der Waals surface area contributed by atoms with Crippen LogP contribution in [0, 0.1) is 0 Å². The van der Waals surface area contributed by atoms with Gasteiger partial charge < -0.3 is 10.5 Å². The molecular formula is C6H8N2O4. The fraction of sp³-hybridized carbons (Fsp3) is 0.167. The molecule has 3 N–H and O–H groups in total. The first-order valence-corrected chi connectivity index (χ1v) is 2.92. The van der Waals surface area contributed by atoms with Crippen molar-refractivity contribution in [1.82, 2.24) is 5.32 Å². The summed E-state index contributed by atoms with van der Waals surface area (Å²) in [5, 5.41) is 1.73. The highest BCUT2D eigenvalue weighted by molar-refractivity contribution is 6.02. The minimum Gasteiger partial charge on any atom is -0.466 e. The number of primary amides is 1. The molecule has 0 aromatic carbocycles. The fourth-order valence-corrected chi connectivity index (χ4v) is 0.375. The maximum absolute atomic E-state index is 10.6. The summed E-state index contributed by atoms with van der Waals surface area (Å²) < 4.78 is 4.18. The van der Waals surface area contributed by atoms with Crippen molar-refractivity contribution in [2.24, 2.45) is 5.73 Å². The van der Waals surface area contributed by atoms with Crippen molar-refractivity contribution in [1.29, 1.82) is 0 Å². The standard InChI is InChI=1S/C6H8N2O4/c1-12-5(10)3-2-4(9)8-6(7)11/h2-3H,1H3,(H3,7,8,9,11). The Hall–Kier alpha value is -1.85. The summed E-state index contributed by atoms with van der Waals surface area (Å²) in [5.74, 6) is -1.46. The van der Waals surface area contributed by atoms with Gasteiger partial charge in [-0.1, -0.05) is 0 Å². The Morgan fingerprint density at radius 1 is 1.33 bits per heavy atom. The molecule has 6 heteroatoms. The van der Waals surface area contributed by atoms with E-state index in [1.165, 1.54) is 7.11 Å². The molecule has 0 heterocycles. The van der Waals surface area contributed by atoms with E-state index in [-0.39, 0.29) is 0 Å². The predicted molar refractivity (Wildman–Crippen MR) is 38.9 cm³/mol. The van der Waals surface area contributed by atoms with Crippen LogP contribution in [0.2, 0.25) is 0 Å². The first kappa shape index (κ1) is 10.2. The molecule has 3 amide bonds. The summed E-state index contributed by atoms with van der Waals surface area (Å²) in [6.07, 6.45) is 1.72. The van der Waals surface area contributed by atoms with Crippen molar-refractivity contribution in [3.8, 4) is 0 Å². The molecule has 0 spiro atoms. The second-order valence-electron chi connectivity index (χ2n) is 1.71. The smallest absolute Gasteiger partial charge is 0.330 e. The molecule has 0 aliphatic heterocycles. The number of carbonyl (C=O) groups is 3. The quantitative estimate of drug-likeness (QED) is 0.408. The van der Waals surface area contributed by atoms with E-state index in [2.05, 4.69) is 10.5 Å². The summed E-state index contributed by atoms with van der Waals surface area (Å²) in [6.45, 7) is 0. The molecule has 0 aromatic heterocycles. The number of imide groups is 1. The van der Waals surface area contributed by atoms with Gasteiger partial charge in [-0.05, 0) is 0 Å². The minimum absolute atomic E-state index is 0.686. The van der Waals surface area contributed by atoms with Crippen molar-refractivity contribution >= 4 is 17.9 Å². The number of amides is 3.